The lowest BCUT2D eigenvalue weighted by atomic mass is 9.63. The van der Waals surface area contributed by atoms with Crippen molar-refractivity contribution in [2.24, 2.45) is 0 Å². The van der Waals surface area contributed by atoms with Crippen LogP contribution in [0.1, 0.15) is 70.4 Å². The lowest BCUT2D eigenvalue weighted by Crippen LogP contribution is -2.39. The van der Waals surface area contributed by atoms with E-state index in [1.54, 1.807) is 12.1 Å². The molecule has 11 heteroatoms. The maximum Gasteiger partial charge on any atom is 0.280 e. The number of carboxylic acid groups (broad SMARTS) is 1. The first kappa shape index (κ1) is 30.3. The standard InChI is InChI=1S/C34H29F3N4O4/c1-33(2)23-14-19(40-10-4-11-40)6-8-21(23)25(22-9-7-20(15-24(22)33)41-12-5-13-41)26-27(32(42)43)30(36)31(37)28(29(26)35)34(16-38,17-39)45-18-44-3/h6-9,14-15H,4-5,10-13,18H2,1-3H3. The van der Waals surface area contributed by atoms with Crippen molar-refractivity contribution in [2.45, 2.75) is 37.7 Å². The minimum Gasteiger partial charge on any atom is -0.538 e. The van der Waals surface area contributed by atoms with Crippen LogP contribution in [0, 0.1) is 46.0 Å². The van der Waals surface area contributed by atoms with E-state index in [4.69, 9.17) is 9.47 Å². The van der Waals surface area contributed by atoms with Crippen molar-refractivity contribution in [2.75, 3.05) is 49.9 Å². The van der Waals surface area contributed by atoms with Gasteiger partial charge in [0.2, 0.25) is 0 Å². The molecular formula is C34H29F3N4O4. The smallest absolute Gasteiger partial charge is 0.280 e. The predicted molar refractivity (Wildman–Crippen MR) is 156 cm³/mol. The Balaban J connectivity index is 1.70. The first-order chi connectivity index (χ1) is 21.5. The number of benzene rings is 3. The second-order valence-corrected chi connectivity index (χ2v) is 12.0. The van der Waals surface area contributed by atoms with E-state index < -0.39 is 57.9 Å². The summed E-state index contributed by atoms with van der Waals surface area (Å²) in [5, 5.41) is 32.4. The molecule has 0 saturated carbocycles. The second kappa shape index (κ2) is 11.0. The van der Waals surface area contributed by atoms with Crippen LogP contribution in [0.15, 0.2) is 36.4 Å². The van der Waals surface area contributed by atoms with Crippen molar-refractivity contribution in [3.05, 3.63) is 98.7 Å². The monoisotopic (exact) mass is 614 g/mol. The molecule has 45 heavy (non-hydrogen) atoms. The van der Waals surface area contributed by atoms with Gasteiger partial charge in [-0.2, -0.15) is 19.3 Å². The summed E-state index contributed by atoms with van der Waals surface area (Å²) in [6, 6.07) is 13.9. The van der Waals surface area contributed by atoms with Gasteiger partial charge in [0.05, 0.1) is 28.0 Å². The number of fused-ring (bicyclic) bond motifs is 2. The zero-order chi connectivity index (χ0) is 32.3. The van der Waals surface area contributed by atoms with Gasteiger partial charge < -0.3 is 29.2 Å². The fourth-order valence-electron chi connectivity index (χ4n) is 6.45. The van der Waals surface area contributed by atoms with Gasteiger partial charge in [-0.15, -0.1) is 0 Å². The number of hydrogen-bond acceptors (Lipinski definition) is 8. The highest BCUT2D eigenvalue weighted by Gasteiger charge is 2.51. The third-order valence-electron chi connectivity index (χ3n) is 9.17. The van der Waals surface area contributed by atoms with Crippen molar-refractivity contribution in [1.82, 2.24) is 0 Å². The molecule has 0 atom stereocenters. The molecule has 1 aliphatic carbocycles. The quantitative estimate of drug-likeness (QED) is 0.208. The first-order valence-electron chi connectivity index (χ1n) is 14.6. The molecule has 0 unspecified atom stereocenters. The number of aromatic carboxylic acids is 1. The van der Waals surface area contributed by atoms with E-state index in [9.17, 15) is 20.4 Å². The minimum absolute atomic E-state index is 0.0296. The van der Waals surface area contributed by atoms with Crippen LogP contribution in [-0.2, 0) is 20.5 Å². The van der Waals surface area contributed by atoms with E-state index in [0.29, 0.717) is 22.3 Å². The molecule has 2 saturated heterocycles. The van der Waals surface area contributed by atoms with Crippen molar-refractivity contribution < 1.29 is 32.5 Å². The summed E-state index contributed by atoms with van der Waals surface area (Å²) >= 11 is 0. The molecule has 3 aromatic rings. The van der Waals surface area contributed by atoms with Gasteiger partial charge in [-0.05, 0) is 63.1 Å². The Morgan fingerprint density at radius 2 is 1.44 bits per heavy atom. The highest BCUT2D eigenvalue weighted by atomic mass is 19.2. The van der Waals surface area contributed by atoms with Crippen LogP contribution < -0.4 is 14.9 Å². The Bertz CT molecular complexity index is 1720. The van der Waals surface area contributed by atoms with E-state index in [1.165, 1.54) is 12.1 Å². The molecule has 0 bridgehead atoms. The third-order valence-corrected chi connectivity index (χ3v) is 9.17. The van der Waals surface area contributed by atoms with Gasteiger partial charge in [-0.3, -0.25) is 0 Å². The highest BCUT2D eigenvalue weighted by molar-refractivity contribution is 5.92. The summed E-state index contributed by atoms with van der Waals surface area (Å²) in [5.74, 6) is -7.85. The topological polar surface area (TPSA) is 113 Å². The Morgan fingerprint density at radius 1 is 0.933 bits per heavy atom. The summed E-state index contributed by atoms with van der Waals surface area (Å²) in [5.41, 5.74) is -3.22. The van der Waals surface area contributed by atoms with Crippen molar-refractivity contribution in [3.8, 4) is 12.1 Å². The molecule has 3 aliphatic rings. The SMILES string of the molecule is COCOC(C#N)(C#N)c1c(F)c(F)c(C(=O)[O-])c([C+]2c3ccc(N4CCC4)cc3C(C)(C)c3cc(N4CCC4)ccc32)c1F. The van der Waals surface area contributed by atoms with E-state index in [2.05, 4.69) is 9.80 Å². The van der Waals surface area contributed by atoms with Gasteiger partial charge in [0, 0.05) is 55.8 Å². The maximum atomic E-state index is 17.0. The molecular weight excluding hydrogens is 585 g/mol. The lowest BCUT2D eigenvalue weighted by Gasteiger charge is -2.40. The molecule has 0 radical (unpaired) electrons. The van der Waals surface area contributed by atoms with Crippen molar-refractivity contribution in [1.29, 1.82) is 10.5 Å². The summed E-state index contributed by atoms with van der Waals surface area (Å²) in [4.78, 5) is 16.8. The fraction of sp³-hybridized carbons (Fsp3) is 0.353. The first-order valence-corrected chi connectivity index (χ1v) is 14.6. The number of hydrogen-bond donors (Lipinski definition) is 0. The lowest BCUT2D eigenvalue weighted by molar-refractivity contribution is -0.255. The van der Waals surface area contributed by atoms with Crippen molar-refractivity contribution >= 4 is 17.3 Å². The van der Waals surface area contributed by atoms with Crippen LogP contribution in [-0.4, -0.2) is 46.1 Å². The number of halogens is 3. The Hall–Kier alpha value is -4.71. The second-order valence-electron chi connectivity index (χ2n) is 12.0. The van der Waals surface area contributed by atoms with Crippen LogP contribution >= 0.6 is 0 Å². The highest BCUT2D eigenvalue weighted by Crippen LogP contribution is 2.52. The number of nitrogens with zero attached hydrogens (tertiary/aromatic N) is 4. The van der Waals surface area contributed by atoms with Crippen LogP contribution in [0.25, 0.3) is 0 Å². The number of carbonyl (C=O) groups excluding carboxylic acids is 1. The Morgan fingerprint density at radius 3 is 1.84 bits per heavy atom. The summed E-state index contributed by atoms with van der Waals surface area (Å²) in [6.07, 6.45) is 2.06. The largest absolute Gasteiger partial charge is 0.538 e. The molecule has 230 valence electrons. The average molecular weight is 615 g/mol. The van der Waals surface area contributed by atoms with Gasteiger partial charge in [0.25, 0.3) is 5.60 Å². The molecule has 6 rings (SSSR count). The number of anilines is 2. The summed E-state index contributed by atoms with van der Waals surface area (Å²) in [7, 11) is 1.16. The van der Waals surface area contributed by atoms with E-state index in [0.717, 1.165) is 57.5 Å². The fourth-order valence-corrected chi connectivity index (χ4v) is 6.45. The molecule has 0 spiro atoms. The number of ether oxygens (including phenoxy) is 2. The molecule has 2 fully saturated rings. The summed E-state index contributed by atoms with van der Waals surface area (Å²) < 4.78 is 58.4. The van der Waals surface area contributed by atoms with E-state index in [1.807, 2.05) is 38.1 Å². The van der Waals surface area contributed by atoms with Crippen LogP contribution in [0.5, 0.6) is 0 Å². The van der Waals surface area contributed by atoms with Crippen molar-refractivity contribution in [3.63, 3.8) is 0 Å². The third kappa shape index (κ3) is 4.49. The molecule has 0 N–H and O–H groups in total. The van der Waals surface area contributed by atoms with Gasteiger partial charge in [0.15, 0.2) is 17.5 Å². The van der Waals surface area contributed by atoms with Gasteiger partial charge >= 0.3 is 0 Å². The predicted octanol–water partition coefficient (Wildman–Crippen LogP) is 4.41. The van der Waals surface area contributed by atoms with E-state index >= 15 is 13.2 Å². The number of nitriles is 2. The summed E-state index contributed by atoms with van der Waals surface area (Å²) in [6.45, 7) is 6.68. The number of carbonyl (C=O) groups is 1. The normalized spacial score (nSPS) is 16.6. The molecule has 0 aromatic heterocycles. The number of methoxy groups -OCH3 is 1. The maximum absolute atomic E-state index is 17.0. The minimum atomic E-state index is -3.01. The molecule has 8 nitrogen and oxygen atoms in total. The van der Waals surface area contributed by atoms with E-state index in [-0.39, 0.29) is 5.92 Å². The molecule has 0 amide bonds. The average Bonchev–Trinajstić information content (AvgIpc) is 2.96. The molecule has 3 aromatic carbocycles. The zero-order valence-electron chi connectivity index (χ0n) is 25.0. The number of carboxylic acids is 1. The Kier molecular flexibility index (Phi) is 7.43. The molecule has 2 heterocycles. The van der Waals surface area contributed by atoms with Gasteiger partial charge in [-0.25, -0.2) is 4.39 Å². The molecule has 2 aliphatic heterocycles. The zero-order valence-corrected chi connectivity index (χ0v) is 25.0. The number of rotatable bonds is 8. The van der Waals surface area contributed by atoms with Gasteiger partial charge in [0.1, 0.15) is 36.0 Å². The van der Waals surface area contributed by atoms with Crippen LogP contribution in [0.3, 0.4) is 0 Å². The Labute approximate surface area is 258 Å². The van der Waals surface area contributed by atoms with Crippen LogP contribution in [0.4, 0.5) is 24.5 Å². The van der Waals surface area contributed by atoms with Crippen LogP contribution in [0.2, 0.25) is 0 Å². The van der Waals surface area contributed by atoms with Gasteiger partial charge in [-0.1, -0.05) is 0 Å².